The first-order chi connectivity index (χ1) is 24.8. The minimum atomic E-state index is -0.250. The van der Waals surface area contributed by atoms with Crippen molar-refractivity contribution in [1.82, 2.24) is 24.8 Å². The molecule has 0 bridgehead atoms. The van der Waals surface area contributed by atoms with Crippen molar-refractivity contribution in [3.05, 3.63) is 78.4 Å². The number of rotatable bonds is 12. The van der Waals surface area contributed by atoms with E-state index in [2.05, 4.69) is 57.1 Å². The van der Waals surface area contributed by atoms with Crippen molar-refractivity contribution in [2.75, 3.05) is 64.2 Å². The molecule has 0 unspecified atom stereocenters. The van der Waals surface area contributed by atoms with E-state index in [1.807, 2.05) is 49.4 Å². The average molecular weight is 692 g/mol. The number of nitrogens with two attached hydrogens (primary N) is 1. The molecular formula is C39H45N7O5. The number of aromatic nitrogens is 4. The molecule has 12 heteroatoms. The Hall–Kier alpha value is -5.75. The van der Waals surface area contributed by atoms with Crippen molar-refractivity contribution in [1.29, 1.82) is 0 Å². The number of fused-ring (bicyclic) bond motifs is 2. The molecule has 6 aromatic rings. The molecule has 0 spiro atoms. The highest BCUT2D eigenvalue weighted by molar-refractivity contribution is 5.87. The molecule has 0 atom stereocenters. The quantitative estimate of drug-likeness (QED) is 0.0615. The number of hydrogen-bond donors (Lipinski definition) is 4. The zero-order valence-corrected chi connectivity index (χ0v) is 29.3. The number of likely N-dealkylation sites (N-methyl/N-ethyl adjacent to an activating group) is 1. The number of hydrogen-bond acceptors (Lipinski definition) is 9. The van der Waals surface area contributed by atoms with Gasteiger partial charge >= 0.3 is 0 Å². The Balaban J connectivity index is 0.00000144. The van der Waals surface area contributed by atoms with E-state index in [4.69, 9.17) is 39.8 Å². The van der Waals surface area contributed by atoms with Crippen LogP contribution < -0.4 is 24.8 Å². The van der Waals surface area contributed by atoms with Gasteiger partial charge in [-0.1, -0.05) is 0 Å². The summed E-state index contributed by atoms with van der Waals surface area (Å²) >= 11 is 0. The number of ether oxygens (including phenoxy) is 3. The summed E-state index contributed by atoms with van der Waals surface area (Å²) in [5.74, 6) is 3.90. The maximum Gasteiger partial charge on any atom is 0.290 e. The Kier molecular flexibility index (Phi) is 11.2. The third-order valence-corrected chi connectivity index (χ3v) is 9.08. The van der Waals surface area contributed by atoms with Crippen molar-refractivity contribution in [3.8, 4) is 40.0 Å². The first-order valence-electron chi connectivity index (χ1n) is 17.2. The van der Waals surface area contributed by atoms with E-state index in [1.54, 1.807) is 7.11 Å². The molecule has 2 aromatic heterocycles. The molecule has 3 heterocycles. The van der Waals surface area contributed by atoms with Gasteiger partial charge in [0.1, 0.15) is 17.4 Å². The van der Waals surface area contributed by atoms with Gasteiger partial charge in [0.2, 0.25) is 0 Å². The van der Waals surface area contributed by atoms with Crippen LogP contribution in [0.1, 0.15) is 24.8 Å². The normalized spacial score (nSPS) is 13.2. The van der Waals surface area contributed by atoms with Gasteiger partial charge in [-0.3, -0.25) is 4.79 Å². The number of aryl methyl sites for hydroxylation is 1. The average Bonchev–Trinajstić information content (AvgIpc) is 3.77. The number of benzene rings is 4. The Labute approximate surface area is 297 Å². The lowest BCUT2D eigenvalue weighted by Gasteiger charge is -2.34. The zero-order chi connectivity index (χ0) is 35.7. The van der Waals surface area contributed by atoms with Gasteiger partial charge in [-0.15, -0.1) is 0 Å². The van der Waals surface area contributed by atoms with E-state index < -0.39 is 0 Å². The minimum absolute atomic E-state index is 0.250. The smallest absolute Gasteiger partial charge is 0.290 e. The second kappa shape index (κ2) is 16.3. The van der Waals surface area contributed by atoms with Crippen LogP contribution in [0.5, 0.6) is 17.2 Å². The van der Waals surface area contributed by atoms with Crippen LogP contribution in [-0.4, -0.2) is 90.0 Å². The molecule has 4 aromatic carbocycles. The molecule has 51 heavy (non-hydrogen) atoms. The number of anilines is 2. The number of nitrogen functional groups attached to an aromatic ring is 1. The molecule has 7 rings (SSSR count). The highest BCUT2D eigenvalue weighted by Gasteiger charge is 2.16. The first kappa shape index (κ1) is 35.1. The number of nitrogens with zero attached hydrogens (tertiary/aromatic N) is 4. The number of nitrogens with one attached hydrogen (secondary N) is 2. The summed E-state index contributed by atoms with van der Waals surface area (Å²) < 4.78 is 17.3. The van der Waals surface area contributed by atoms with Crippen molar-refractivity contribution in [3.63, 3.8) is 0 Å². The molecule has 5 N–H and O–H groups in total. The monoisotopic (exact) mass is 691 g/mol. The summed E-state index contributed by atoms with van der Waals surface area (Å²) in [4.78, 5) is 29.9. The molecule has 1 aliphatic heterocycles. The van der Waals surface area contributed by atoms with E-state index in [0.29, 0.717) is 30.4 Å². The highest BCUT2D eigenvalue weighted by Crippen LogP contribution is 2.32. The van der Waals surface area contributed by atoms with E-state index in [9.17, 15) is 0 Å². The van der Waals surface area contributed by atoms with Gasteiger partial charge in [0.15, 0.2) is 11.5 Å². The number of H-pyrrole nitrogens is 2. The maximum atomic E-state index is 8.36. The first-order valence-corrected chi connectivity index (χ1v) is 17.2. The van der Waals surface area contributed by atoms with E-state index in [1.165, 1.54) is 5.69 Å². The fourth-order valence-electron chi connectivity index (χ4n) is 6.10. The summed E-state index contributed by atoms with van der Waals surface area (Å²) in [5.41, 5.74) is 14.9. The molecule has 0 radical (unpaired) electrons. The van der Waals surface area contributed by atoms with Crippen molar-refractivity contribution < 1.29 is 24.1 Å². The molecule has 1 saturated heterocycles. The van der Waals surface area contributed by atoms with Crippen LogP contribution in [0.2, 0.25) is 0 Å². The zero-order valence-electron chi connectivity index (χ0n) is 29.3. The van der Waals surface area contributed by atoms with Gasteiger partial charge < -0.3 is 44.8 Å². The second-order valence-electron chi connectivity index (χ2n) is 12.6. The molecule has 0 saturated carbocycles. The standard InChI is InChI=1S/C38H43N7O3.CH2O2/c1-25-21-35(46-3)36(24-30(25)39)48-20-6-4-5-19-47-29-11-7-26(8-12-29)37-40-31-13-9-27(22-33(31)42-37)38-41-32-14-10-28(23-34(32)43-38)45-17-15-44(2)16-18-45;2-1-3/h7-14,21-24H,4-6,15-20,39H2,1-3H3,(H,40,42)(H,41,43);1H,(H,2,3). The molecule has 0 amide bonds. The third-order valence-electron chi connectivity index (χ3n) is 9.08. The minimum Gasteiger partial charge on any atom is -0.494 e. The molecule has 0 aliphatic carbocycles. The summed E-state index contributed by atoms with van der Waals surface area (Å²) in [6, 6.07) is 24.5. The summed E-state index contributed by atoms with van der Waals surface area (Å²) in [6.07, 6.45) is 2.85. The van der Waals surface area contributed by atoms with Gasteiger partial charge in [0, 0.05) is 54.7 Å². The molecule has 1 aliphatic rings. The lowest BCUT2D eigenvalue weighted by atomic mass is 10.2. The Morgan fingerprint density at radius 2 is 1.39 bits per heavy atom. The van der Waals surface area contributed by atoms with Crippen LogP contribution >= 0.6 is 0 Å². The molecule has 12 nitrogen and oxygen atoms in total. The molecule has 266 valence electrons. The van der Waals surface area contributed by atoms with Crippen LogP contribution in [0.4, 0.5) is 11.4 Å². The van der Waals surface area contributed by atoms with Crippen LogP contribution in [-0.2, 0) is 4.79 Å². The lowest BCUT2D eigenvalue weighted by Crippen LogP contribution is -2.44. The SMILES string of the molecule is COc1cc(C)c(N)cc1OCCCCCOc1ccc(-c2nc3ccc(-c4nc5ccc(N6CCN(C)CC6)cc5[nH]4)cc3[nH]2)cc1.O=CO. The molecule has 1 fully saturated rings. The largest absolute Gasteiger partial charge is 0.494 e. The predicted octanol–water partition coefficient (Wildman–Crippen LogP) is 6.75. The fraction of sp³-hybridized carbons (Fsp3) is 0.308. The number of aromatic amines is 2. The van der Waals surface area contributed by atoms with Gasteiger partial charge in [-0.05, 0) is 106 Å². The number of unbranched alkanes of at least 4 members (excludes halogenated alkanes) is 2. The second-order valence-corrected chi connectivity index (χ2v) is 12.6. The topological polar surface area (TPSA) is 155 Å². The van der Waals surface area contributed by atoms with Gasteiger partial charge in [-0.25, -0.2) is 9.97 Å². The van der Waals surface area contributed by atoms with Crippen LogP contribution in [0, 0.1) is 6.92 Å². The number of methoxy groups -OCH3 is 1. The Morgan fingerprint density at radius 3 is 2.08 bits per heavy atom. The van der Waals surface area contributed by atoms with Crippen molar-refractivity contribution in [2.45, 2.75) is 26.2 Å². The number of carboxylic acid groups (broad SMARTS) is 1. The molecular weight excluding hydrogens is 646 g/mol. The van der Waals surface area contributed by atoms with Gasteiger partial charge in [0.05, 0.1) is 42.4 Å². The van der Waals surface area contributed by atoms with E-state index in [0.717, 1.165) is 102 Å². The summed E-state index contributed by atoms with van der Waals surface area (Å²) in [7, 11) is 3.82. The van der Waals surface area contributed by atoms with Crippen LogP contribution in [0.3, 0.4) is 0 Å². The van der Waals surface area contributed by atoms with E-state index >= 15 is 0 Å². The summed E-state index contributed by atoms with van der Waals surface area (Å²) in [5, 5.41) is 6.89. The van der Waals surface area contributed by atoms with Crippen LogP contribution in [0.25, 0.3) is 44.8 Å². The van der Waals surface area contributed by atoms with E-state index in [-0.39, 0.29) is 6.47 Å². The maximum absolute atomic E-state index is 8.36. The number of imidazole rings is 2. The van der Waals surface area contributed by atoms with Crippen molar-refractivity contribution >= 4 is 39.9 Å². The number of carbonyl (C=O) groups is 1. The van der Waals surface area contributed by atoms with Gasteiger partial charge in [0.25, 0.3) is 6.47 Å². The highest BCUT2D eigenvalue weighted by atomic mass is 16.5. The number of piperazine rings is 1. The van der Waals surface area contributed by atoms with Gasteiger partial charge in [-0.2, -0.15) is 0 Å². The Morgan fingerprint density at radius 1 is 0.784 bits per heavy atom. The fourth-order valence-corrected chi connectivity index (χ4v) is 6.10. The van der Waals surface area contributed by atoms with Crippen LogP contribution in [0.15, 0.2) is 72.8 Å². The summed E-state index contributed by atoms with van der Waals surface area (Å²) in [6.45, 7) is 7.19. The lowest BCUT2D eigenvalue weighted by molar-refractivity contribution is -0.122. The third kappa shape index (κ3) is 8.53. The Bertz CT molecular complexity index is 2070. The van der Waals surface area contributed by atoms with Crippen molar-refractivity contribution in [2.24, 2.45) is 0 Å². The predicted molar refractivity (Wildman–Crippen MR) is 202 cm³/mol.